The fourth-order valence-electron chi connectivity index (χ4n) is 4.69. The Morgan fingerprint density at radius 1 is 0.524 bits per heavy atom. The normalized spacial score (nSPS) is 28.6. The van der Waals surface area contributed by atoms with E-state index in [-0.39, 0.29) is 0 Å². The van der Waals surface area contributed by atoms with Gasteiger partial charge in [0.25, 0.3) is 0 Å². The molecule has 1 N–H and O–H groups in total. The summed E-state index contributed by atoms with van der Waals surface area (Å²) in [7, 11) is 0.437. The summed E-state index contributed by atoms with van der Waals surface area (Å²) in [6.45, 7) is 7.92. The standard InChI is InChI=1S/C16H35N4P/c1-17-21(18-11-5-2-6-12-18,19-13-7-3-8-14-19)20-15-9-4-10-16-20/h17,21H,2-16H2,1H3. The summed E-state index contributed by atoms with van der Waals surface area (Å²) in [6, 6.07) is 0. The fraction of sp³-hybridized carbons (Fsp3) is 1.00. The monoisotopic (exact) mass is 314 g/mol. The first-order chi connectivity index (χ1) is 10.4. The Balaban J connectivity index is 1.85. The predicted molar refractivity (Wildman–Crippen MR) is 93.6 cm³/mol. The van der Waals surface area contributed by atoms with E-state index >= 15 is 0 Å². The van der Waals surface area contributed by atoms with Gasteiger partial charge in [-0.2, -0.15) is 0 Å². The quantitative estimate of drug-likeness (QED) is 0.805. The third-order valence-corrected chi connectivity index (χ3v) is 10.4. The molecule has 0 aromatic carbocycles. The van der Waals surface area contributed by atoms with Crippen molar-refractivity contribution in [3.63, 3.8) is 0 Å². The van der Waals surface area contributed by atoms with Gasteiger partial charge in [-0.25, -0.2) is 0 Å². The molecule has 0 aromatic heterocycles. The molecule has 0 atom stereocenters. The van der Waals surface area contributed by atoms with Gasteiger partial charge >= 0.3 is 131 Å². The van der Waals surface area contributed by atoms with Gasteiger partial charge in [-0.3, -0.25) is 0 Å². The van der Waals surface area contributed by atoms with E-state index < -0.39 is 7.87 Å². The Morgan fingerprint density at radius 3 is 1.05 bits per heavy atom. The van der Waals surface area contributed by atoms with Crippen LogP contribution < -0.4 is 5.09 Å². The van der Waals surface area contributed by atoms with E-state index in [1.807, 2.05) is 0 Å². The van der Waals surface area contributed by atoms with Crippen LogP contribution in [0.3, 0.4) is 0 Å². The van der Waals surface area contributed by atoms with Crippen molar-refractivity contribution in [3.05, 3.63) is 0 Å². The van der Waals surface area contributed by atoms with E-state index in [0.717, 1.165) is 0 Å². The average Bonchev–Trinajstić information content (AvgIpc) is 2.59. The Hall–Kier alpha value is 0.270. The summed E-state index contributed by atoms with van der Waals surface area (Å²) in [6.07, 6.45) is 12.7. The molecule has 3 aliphatic rings. The van der Waals surface area contributed by atoms with Crippen LogP contribution in [0.1, 0.15) is 57.8 Å². The van der Waals surface area contributed by atoms with Crippen LogP contribution in [-0.2, 0) is 0 Å². The van der Waals surface area contributed by atoms with Crippen LogP contribution in [0.2, 0.25) is 0 Å². The van der Waals surface area contributed by atoms with Gasteiger partial charge in [-0.1, -0.05) is 0 Å². The molecule has 0 aliphatic carbocycles. The van der Waals surface area contributed by atoms with Gasteiger partial charge in [0.05, 0.1) is 0 Å². The number of piperidine rings is 3. The van der Waals surface area contributed by atoms with E-state index in [1.165, 1.54) is 97.1 Å². The first-order valence-corrected chi connectivity index (χ1v) is 11.2. The number of nitrogens with zero attached hydrogens (tertiary/aromatic N) is 3. The molecular formula is C16H35N4P. The van der Waals surface area contributed by atoms with E-state index in [4.69, 9.17) is 0 Å². The van der Waals surface area contributed by atoms with Crippen LogP contribution in [0.4, 0.5) is 0 Å². The van der Waals surface area contributed by atoms with Gasteiger partial charge in [0.2, 0.25) is 0 Å². The molecule has 3 aliphatic heterocycles. The van der Waals surface area contributed by atoms with Crippen molar-refractivity contribution < 1.29 is 0 Å². The first-order valence-electron chi connectivity index (χ1n) is 9.32. The molecule has 21 heavy (non-hydrogen) atoms. The average molecular weight is 314 g/mol. The van der Waals surface area contributed by atoms with Gasteiger partial charge in [0, 0.05) is 0 Å². The Morgan fingerprint density at radius 2 is 0.810 bits per heavy atom. The molecular weight excluding hydrogens is 279 g/mol. The molecule has 0 aromatic rings. The number of nitrogens with one attached hydrogen (secondary N) is 1. The van der Waals surface area contributed by atoms with Crippen molar-refractivity contribution in [2.45, 2.75) is 57.8 Å². The fourth-order valence-corrected chi connectivity index (χ4v) is 9.66. The van der Waals surface area contributed by atoms with E-state index in [1.54, 1.807) is 0 Å². The van der Waals surface area contributed by atoms with Gasteiger partial charge in [0.15, 0.2) is 0 Å². The van der Waals surface area contributed by atoms with Crippen molar-refractivity contribution in [2.75, 3.05) is 46.3 Å². The molecule has 0 amide bonds. The number of hydrogen-bond acceptors (Lipinski definition) is 4. The van der Waals surface area contributed by atoms with Crippen LogP contribution in [0.5, 0.6) is 0 Å². The SMILES string of the molecule is CN[PH](N1CCCCC1)(N1CCCCC1)N1CCCCC1. The summed E-state index contributed by atoms with van der Waals surface area (Å²) in [4.78, 5) is 0. The molecule has 3 saturated heterocycles. The molecule has 0 bridgehead atoms. The second-order valence-corrected chi connectivity index (χ2v) is 10.7. The van der Waals surface area contributed by atoms with Crippen molar-refractivity contribution in [2.24, 2.45) is 0 Å². The van der Waals surface area contributed by atoms with Gasteiger partial charge in [-0.15, -0.1) is 0 Å². The molecule has 5 heteroatoms. The number of hydrogen-bond donors (Lipinski definition) is 1. The zero-order chi connectivity index (χ0) is 14.5. The molecule has 3 rings (SSSR count). The van der Waals surface area contributed by atoms with Crippen molar-refractivity contribution in [1.29, 1.82) is 0 Å². The minimum atomic E-state index is -1.82. The molecule has 0 saturated carbocycles. The molecule has 124 valence electrons. The Bertz CT molecular complexity index is 262. The zero-order valence-corrected chi connectivity index (χ0v) is 14.9. The second kappa shape index (κ2) is 7.70. The molecule has 0 spiro atoms. The second-order valence-electron chi connectivity index (χ2n) is 7.03. The Labute approximate surface area is 131 Å². The summed E-state index contributed by atoms with van der Waals surface area (Å²) >= 11 is 0. The van der Waals surface area contributed by atoms with Crippen LogP contribution in [0.25, 0.3) is 0 Å². The molecule has 4 nitrogen and oxygen atoms in total. The minimum absolute atomic E-state index is 1.32. The third kappa shape index (κ3) is 3.30. The van der Waals surface area contributed by atoms with E-state index in [2.05, 4.69) is 26.1 Å². The molecule has 0 unspecified atom stereocenters. The van der Waals surface area contributed by atoms with Crippen molar-refractivity contribution in [1.82, 2.24) is 19.1 Å². The summed E-state index contributed by atoms with van der Waals surface area (Å²) in [5.41, 5.74) is 0. The van der Waals surface area contributed by atoms with Crippen LogP contribution in [0.15, 0.2) is 0 Å². The van der Waals surface area contributed by atoms with Crippen LogP contribution in [0, 0.1) is 0 Å². The maximum atomic E-state index is 3.94. The summed E-state index contributed by atoms with van der Waals surface area (Å²) in [5, 5.41) is 3.94. The summed E-state index contributed by atoms with van der Waals surface area (Å²) in [5.74, 6) is 0. The zero-order valence-electron chi connectivity index (χ0n) is 13.9. The number of rotatable bonds is 4. The molecule has 3 heterocycles. The van der Waals surface area contributed by atoms with Gasteiger partial charge < -0.3 is 0 Å². The third-order valence-electron chi connectivity index (χ3n) is 5.73. The Kier molecular flexibility index (Phi) is 5.92. The van der Waals surface area contributed by atoms with Gasteiger partial charge in [0.1, 0.15) is 0 Å². The van der Waals surface area contributed by atoms with Crippen LogP contribution >= 0.6 is 7.87 Å². The first kappa shape index (κ1) is 16.1. The summed E-state index contributed by atoms with van der Waals surface area (Å²) < 4.78 is 8.69. The van der Waals surface area contributed by atoms with Crippen molar-refractivity contribution >= 4 is 7.87 Å². The van der Waals surface area contributed by atoms with Crippen LogP contribution in [-0.4, -0.2) is 60.3 Å². The maximum absolute atomic E-state index is 3.94. The molecule has 0 radical (unpaired) electrons. The van der Waals surface area contributed by atoms with E-state index in [0.29, 0.717) is 0 Å². The topological polar surface area (TPSA) is 21.8 Å². The molecule has 3 fully saturated rings. The van der Waals surface area contributed by atoms with E-state index in [9.17, 15) is 0 Å². The van der Waals surface area contributed by atoms with Crippen molar-refractivity contribution in [3.8, 4) is 0 Å². The van der Waals surface area contributed by atoms with Gasteiger partial charge in [-0.05, 0) is 0 Å². The predicted octanol–water partition coefficient (Wildman–Crippen LogP) is 3.07.